The molecule has 1 saturated heterocycles. The van der Waals surface area contributed by atoms with Gasteiger partial charge in [-0.15, -0.1) is 0 Å². The van der Waals surface area contributed by atoms with Crippen molar-refractivity contribution >= 4 is 34.5 Å². The number of carbonyl (C=O) groups excluding carboxylic acids is 2. The van der Waals surface area contributed by atoms with Gasteiger partial charge in [-0.05, 0) is 39.0 Å². The molecule has 4 rings (SSSR count). The summed E-state index contributed by atoms with van der Waals surface area (Å²) >= 11 is 0. The summed E-state index contributed by atoms with van der Waals surface area (Å²) in [5.74, 6) is 1.09. The molecule has 1 aliphatic rings. The summed E-state index contributed by atoms with van der Waals surface area (Å²) < 4.78 is 23.2. The number of amides is 1. The first-order chi connectivity index (χ1) is 17.8. The summed E-state index contributed by atoms with van der Waals surface area (Å²) in [4.78, 5) is 37.4. The van der Waals surface area contributed by atoms with Crippen molar-refractivity contribution in [2.75, 3.05) is 70.7 Å². The Labute approximate surface area is 216 Å². The van der Waals surface area contributed by atoms with Gasteiger partial charge in [0.05, 0.1) is 37.5 Å². The zero-order valence-corrected chi connectivity index (χ0v) is 21.7. The Balaban J connectivity index is 1.09. The number of anilines is 1. The van der Waals surface area contributed by atoms with Gasteiger partial charge in [-0.3, -0.25) is 9.20 Å². The number of benzene rings is 1. The zero-order valence-electron chi connectivity index (χ0n) is 21.7. The van der Waals surface area contributed by atoms with E-state index in [-0.39, 0.29) is 25.7 Å². The molecule has 0 atom stereocenters. The summed E-state index contributed by atoms with van der Waals surface area (Å²) in [7, 11) is 0. The number of ether oxygens (including phenoxy) is 4. The van der Waals surface area contributed by atoms with Gasteiger partial charge in [-0.2, -0.15) is 4.98 Å². The fraction of sp³-hybridized carbons (Fsp3) is 0.538. The minimum atomic E-state index is -0.526. The van der Waals surface area contributed by atoms with Crippen molar-refractivity contribution in [3.05, 3.63) is 36.5 Å². The van der Waals surface area contributed by atoms with Crippen LogP contribution < -0.4 is 4.90 Å². The smallest absolute Gasteiger partial charge is 0.332 e. The van der Waals surface area contributed by atoms with Gasteiger partial charge in [0.25, 0.3) is 0 Å². The number of hydrogen-bond donors (Lipinski definition) is 0. The highest BCUT2D eigenvalue weighted by Gasteiger charge is 2.22. The summed E-state index contributed by atoms with van der Waals surface area (Å²) in [5.41, 5.74) is 1.42. The highest BCUT2D eigenvalue weighted by atomic mass is 16.6. The maximum absolute atomic E-state index is 12.5. The molecule has 3 aromatic rings. The Bertz CT molecular complexity index is 1200. The number of esters is 1. The highest BCUT2D eigenvalue weighted by Crippen LogP contribution is 2.19. The van der Waals surface area contributed by atoms with Gasteiger partial charge in [0.15, 0.2) is 0 Å². The Morgan fingerprint density at radius 1 is 0.865 bits per heavy atom. The van der Waals surface area contributed by atoms with Crippen LogP contribution in [0.4, 0.5) is 5.82 Å². The molecule has 1 aliphatic heterocycles. The Kier molecular flexibility index (Phi) is 8.91. The zero-order chi connectivity index (χ0) is 26.3. The summed E-state index contributed by atoms with van der Waals surface area (Å²) in [6.45, 7) is 9.19. The van der Waals surface area contributed by atoms with E-state index in [1.54, 1.807) is 20.8 Å². The maximum Gasteiger partial charge on any atom is 0.332 e. The second-order valence-corrected chi connectivity index (χ2v) is 9.73. The number of rotatable bonds is 11. The number of aromatic nitrogens is 3. The largest absolute Gasteiger partial charge is 0.458 e. The van der Waals surface area contributed by atoms with Gasteiger partial charge in [0.1, 0.15) is 24.6 Å². The van der Waals surface area contributed by atoms with Crippen LogP contribution in [0, 0.1) is 0 Å². The molecule has 0 radical (unpaired) electrons. The predicted molar refractivity (Wildman–Crippen MR) is 138 cm³/mol. The van der Waals surface area contributed by atoms with Crippen LogP contribution in [-0.2, 0) is 28.5 Å². The lowest BCUT2D eigenvalue weighted by Gasteiger charge is -2.35. The van der Waals surface area contributed by atoms with Crippen LogP contribution in [0.3, 0.4) is 0 Å². The Hall–Kier alpha value is -3.28. The van der Waals surface area contributed by atoms with Crippen LogP contribution in [0.5, 0.6) is 0 Å². The minimum absolute atomic E-state index is 0.0172. The summed E-state index contributed by atoms with van der Waals surface area (Å²) in [6, 6.07) is 9.95. The molecule has 0 aliphatic carbocycles. The molecule has 0 N–H and O–H groups in total. The van der Waals surface area contributed by atoms with Gasteiger partial charge in [0.2, 0.25) is 11.7 Å². The molecule has 1 amide bonds. The van der Waals surface area contributed by atoms with Crippen LogP contribution in [0.25, 0.3) is 16.8 Å². The molecule has 0 bridgehead atoms. The summed E-state index contributed by atoms with van der Waals surface area (Å²) in [6.07, 6.45) is 1.99. The van der Waals surface area contributed by atoms with E-state index in [9.17, 15) is 9.59 Å². The third-order valence-corrected chi connectivity index (χ3v) is 5.73. The number of imidazole rings is 1. The third-order valence-electron chi connectivity index (χ3n) is 5.73. The van der Waals surface area contributed by atoms with Gasteiger partial charge in [0, 0.05) is 32.4 Å². The number of nitrogens with zero attached hydrogens (tertiary/aromatic N) is 5. The molecule has 37 heavy (non-hydrogen) atoms. The van der Waals surface area contributed by atoms with Crippen LogP contribution >= 0.6 is 0 Å². The van der Waals surface area contributed by atoms with E-state index in [4.69, 9.17) is 23.9 Å². The Morgan fingerprint density at radius 2 is 1.54 bits per heavy atom. The van der Waals surface area contributed by atoms with Crippen molar-refractivity contribution in [2.45, 2.75) is 26.4 Å². The molecule has 2 aromatic heterocycles. The standard InChI is InChI=1S/C26H35N5O6/c1-26(2,3)37-24(33)19-36-17-15-34-14-16-35-18-23(32)30-12-10-29(11-13-30)22-8-9-31-21-7-5-4-6-20(21)27-25(31)28-22/h4-9H,10-19H2,1-3H3. The van der Waals surface area contributed by atoms with E-state index in [0.29, 0.717) is 51.8 Å². The van der Waals surface area contributed by atoms with Crippen LogP contribution in [0.15, 0.2) is 36.5 Å². The van der Waals surface area contributed by atoms with E-state index in [0.717, 1.165) is 16.9 Å². The lowest BCUT2D eigenvalue weighted by atomic mass is 10.2. The SMILES string of the molecule is CC(C)(C)OC(=O)COCCOCCOCC(=O)N1CCN(c2ccn3c(n2)nc2ccccc23)CC1. The van der Waals surface area contributed by atoms with Gasteiger partial charge in [-0.1, -0.05) is 12.1 Å². The number of hydrogen-bond acceptors (Lipinski definition) is 9. The number of fused-ring (bicyclic) bond motifs is 3. The van der Waals surface area contributed by atoms with Crippen molar-refractivity contribution in [2.24, 2.45) is 0 Å². The molecule has 1 fully saturated rings. The van der Waals surface area contributed by atoms with Gasteiger partial charge >= 0.3 is 5.97 Å². The van der Waals surface area contributed by atoms with E-state index in [1.807, 2.05) is 45.8 Å². The monoisotopic (exact) mass is 513 g/mol. The lowest BCUT2D eigenvalue weighted by molar-refractivity contribution is -0.160. The van der Waals surface area contributed by atoms with Crippen molar-refractivity contribution in [1.82, 2.24) is 19.3 Å². The molecular weight excluding hydrogens is 478 g/mol. The van der Waals surface area contributed by atoms with Crippen LogP contribution in [0.1, 0.15) is 20.8 Å². The maximum atomic E-state index is 12.5. The molecule has 11 heteroatoms. The second-order valence-electron chi connectivity index (χ2n) is 9.73. The van der Waals surface area contributed by atoms with E-state index < -0.39 is 11.6 Å². The first-order valence-electron chi connectivity index (χ1n) is 12.5. The van der Waals surface area contributed by atoms with Gasteiger partial charge < -0.3 is 28.7 Å². The lowest BCUT2D eigenvalue weighted by Crippen LogP contribution is -2.50. The normalized spacial score (nSPS) is 14.5. The molecule has 0 saturated carbocycles. The van der Waals surface area contributed by atoms with Crippen LogP contribution in [0.2, 0.25) is 0 Å². The first kappa shape index (κ1) is 26.8. The molecule has 11 nitrogen and oxygen atoms in total. The fourth-order valence-electron chi connectivity index (χ4n) is 4.01. The van der Waals surface area contributed by atoms with Crippen molar-refractivity contribution in [3.63, 3.8) is 0 Å². The third kappa shape index (κ3) is 7.61. The van der Waals surface area contributed by atoms with Crippen LogP contribution in [-0.4, -0.2) is 103 Å². The average Bonchev–Trinajstić information content (AvgIpc) is 3.24. The summed E-state index contributed by atoms with van der Waals surface area (Å²) in [5, 5.41) is 0. The molecule has 3 heterocycles. The van der Waals surface area contributed by atoms with E-state index in [2.05, 4.69) is 9.88 Å². The predicted octanol–water partition coefficient (Wildman–Crippen LogP) is 1.92. The van der Waals surface area contributed by atoms with Crippen molar-refractivity contribution in [1.29, 1.82) is 0 Å². The fourth-order valence-corrected chi connectivity index (χ4v) is 4.01. The molecule has 200 valence electrons. The molecule has 0 spiro atoms. The number of carbonyl (C=O) groups is 2. The molecule has 1 aromatic carbocycles. The number of para-hydroxylation sites is 2. The van der Waals surface area contributed by atoms with Crippen molar-refractivity contribution < 1.29 is 28.5 Å². The van der Waals surface area contributed by atoms with Gasteiger partial charge in [-0.25, -0.2) is 9.78 Å². The quantitative estimate of drug-likeness (QED) is 0.281. The van der Waals surface area contributed by atoms with E-state index >= 15 is 0 Å². The molecular formula is C26H35N5O6. The van der Waals surface area contributed by atoms with E-state index in [1.165, 1.54) is 0 Å². The topological polar surface area (TPSA) is 108 Å². The Morgan fingerprint density at radius 3 is 2.27 bits per heavy atom. The highest BCUT2D eigenvalue weighted by molar-refractivity contribution is 5.80. The number of piperazine rings is 1. The van der Waals surface area contributed by atoms with Crippen molar-refractivity contribution in [3.8, 4) is 0 Å². The second kappa shape index (κ2) is 12.3. The minimum Gasteiger partial charge on any atom is -0.458 e. The average molecular weight is 514 g/mol. The molecule has 0 unspecified atom stereocenters. The first-order valence-corrected chi connectivity index (χ1v) is 12.5.